The normalized spacial score (nSPS) is 29.1. The Morgan fingerprint density at radius 3 is 2.17 bits per heavy atom. The lowest BCUT2D eigenvalue weighted by Gasteiger charge is -2.37. The highest BCUT2D eigenvalue weighted by Gasteiger charge is 2.33. The molecule has 0 unspecified atom stereocenters. The molecule has 0 aromatic heterocycles. The van der Waals surface area contributed by atoms with Gasteiger partial charge in [0.1, 0.15) is 6.10 Å². The van der Waals surface area contributed by atoms with E-state index in [0.29, 0.717) is 26.2 Å². The van der Waals surface area contributed by atoms with Gasteiger partial charge in [-0.15, -0.1) is 0 Å². The van der Waals surface area contributed by atoms with Gasteiger partial charge in [0.25, 0.3) is 10.2 Å². The zero-order valence-electron chi connectivity index (χ0n) is 13.9. The molecule has 3 aliphatic rings. The van der Waals surface area contributed by atoms with Crippen LogP contribution < -0.4 is 0 Å². The predicted octanol–water partition coefficient (Wildman–Crippen LogP) is 1.42. The molecule has 0 aliphatic carbocycles. The van der Waals surface area contributed by atoms with Crippen molar-refractivity contribution in [3.63, 3.8) is 0 Å². The van der Waals surface area contributed by atoms with E-state index < -0.39 is 10.2 Å². The number of hydrogen-bond acceptors (Lipinski definition) is 4. The third-order valence-electron chi connectivity index (χ3n) is 5.03. The maximum Gasteiger partial charge on any atom is 0.282 e. The third kappa shape index (κ3) is 4.47. The zero-order chi connectivity index (χ0) is 16.1. The molecular formula is C16H29N3O3S. The highest BCUT2D eigenvalue weighted by atomic mass is 32.2. The first-order chi connectivity index (χ1) is 11.2. The number of piperazine rings is 1. The summed E-state index contributed by atoms with van der Waals surface area (Å²) in [5, 5.41) is 0. The van der Waals surface area contributed by atoms with Crippen LogP contribution in [0.3, 0.4) is 0 Å². The van der Waals surface area contributed by atoms with Crippen molar-refractivity contribution in [2.75, 3.05) is 45.8 Å². The molecule has 0 radical (unpaired) electrons. The summed E-state index contributed by atoms with van der Waals surface area (Å²) < 4.78 is 34.6. The van der Waals surface area contributed by atoms with Crippen LogP contribution in [0.15, 0.2) is 12.3 Å². The number of hydrogen-bond donors (Lipinski definition) is 0. The fourth-order valence-corrected chi connectivity index (χ4v) is 5.26. The summed E-state index contributed by atoms with van der Waals surface area (Å²) >= 11 is 0. The van der Waals surface area contributed by atoms with Crippen LogP contribution in [0.2, 0.25) is 0 Å². The second-order valence-electron chi connectivity index (χ2n) is 6.73. The van der Waals surface area contributed by atoms with Crippen molar-refractivity contribution >= 4 is 10.2 Å². The van der Waals surface area contributed by atoms with Crippen LogP contribution in [0.4, 0.5) is 0 Å². The van der Waals surface area contributed by atoms with E-state index in [0.717, 1.165) is 58.2 Å². The van der Waals surface area contributed by atoms with Crippen LogP contribution >= 0.6 is 0 Å². The van der Waals surface area contributed by atoms with E-state index in [1.807, 2.05) is 0 Å². The van der Waals surface area contributed by atoms with Crippen LogP contribution in [0, 0.1) is 0 Å². The molecule has 2 fully saturated rings. The zero-order valence-corrected chi connectivity index (χ0v) is 14.7. The molecule has 2 saturated heterocycles. The van der Waals surface area contributed by atoms with E-state index in [1.165, 1.54) is 0 Å². The Kier molecular flexibility index (Phi) is 5.96. The van der Waals surface area contributed by atoms with Gasteiger partial charge in [-0.25, -0.2) is 0 Å². The van der Waals surface area contributed by atoms with Gasteiger partial charge in [-0.1, -0.05) is 12.8 Å². The van der Waals surface area contributed by atoms with E-state index >= 15 is 0 Å². The van der Waals surface area contributed by atoms with Crippen molar-refractivity contribution in [1.82, 2.24) is 13.5 Å². The van der Waals surface area contributed by atoms with E-state index in [4.69, 9.17) is 4.74 Å². The van der Waals surface area contributed by atoms with E-state index in [2.05, 4.69) is 11.0 Å². The molecule has 3 aliphatic heterocycles. The first-order valence-corrected chi connectivity index (χ1v) is 10.3. The minimum atomic E-state index is -3.27. The molecule has 23 heavy (non-hydrogen) atoms. The first kappa shape index (κ1) is 17.2. The van der Waals surface area contributed by atoms with Crippen LogP contribution in [0.1, 0.15) is 38.5 Å². The molecule has 0 aromatic rings. The molecule has 0 N–H and O–H groups in total. The average Bonchev–Trinajstić information content (AvgIpc) is 2.86. The third-order valence-corrected chi connectivity index (χ3v) is 7.07. The lowest BCUT2D eigenvalue weighted by atomic mass is 10.1. The van der Waals surface area contributed by atoms with Gasteiger partial charge in [0, 0.05) is 45.8 Å². The van der Waals surface area contributed by atoms with Gasteiger partial charge in [0.05, 0.1) is 6.26 Å². The lowest BCUT2D eigenvalue weighted by Crippen LogP contribution is -2.54. The number of nitrogens with zero attached hydrogens (tertiary/aromatic N) is 3. The molecule has 0 saturated carbocycles. The van der Waals surface area contributed by atoms with E-state index in [-0.39, 0.29) is 6.10 Å². The maximum atomic E-state index is 12.8. The van der Waals surface area contributed by atoms with E-state index in [9.17, 15) is 8.42 Å². The molecule has 0 bridgehead atoms. The highest BCUT2D eigenvalue weighted by Crippen LogP contribution is 2.19. The summed E-state index contributed by atoms with van der Waals surface area (Å²) in [6, 6.07) is 0. The molecule has 3 heterocycles. The molecule has 0 amide bonds. The summed E-state index contributed by atoms with van der Waals surface area (Å²) in [6.45, 7) is 5.08. The number of rotatable bonds is 4. The Labute approximate surface area is 140 Å². The summed E-state index contributed by atoms with van der Waals surface area (Å²) in [6.07, 6.45) is 10.5. The molecular weight excluding hydrogens is 314 g/mol. The predicted molar refractivity (Wildman–Crippen MR) is 90.2 cm³/mol. The molecule has 0 aromatic carbocycles. The van der Waals surface area contributed by atoms with Crippen molar-refractivity contribution in [1.29, 1.82) is 0 Å². The Morgan fingerprint density at radius 2 is 1.57 bits per heavy atom. The van der Waals surface area contributed by atoms with Crippen molar-refractivity contribution in [2.24, 2.45) is 0 Å². The first-order valence-electron chi connectivity index (χ1n) is 8.94. The molecule has 6 nitrogen and oxygen atoms in total. The summed E-state index contributed by atoms with van der Waals surface area (Å²) in [5.41, 5.74) is 0. The van der Waals surface area contributed by atoms with Gasteiger partial charge in [-0.2, -0.15) is 17.0 Å². The summed E-state index contributed by atoms with van der Waals surface area (Å²) in [7, 11) is -3.27. The average molecular weight is 343 g/mol. The van der Waals surface area contributed by atoms with Crippen LogP contribution in [-0.4, -0.2) is 73.8 Å². The Hall–Kier alpha value is -0.630. The fourth-order valence-electron chi connectivity index (χ4n) is 3.59. The van der Waals surface area contributed by atoms with Crippen molar-refractivity contribution in [3.8, 4) is 0 Å². The van der Waals surface area contributed by atoms with Crippen molar-refractivity contribution in [3.05, 3.63) is 12.3 Å². The van der Waals surface area contributed by atoms with Crippen molar-refractivity contribution < 1.29 is 13.2 Å². The van der Waals surface area contributed by atoms with Crippen LogP contribution in [0.5, 0.6) is 0 Å². The maximum absolute atomic E-state index is 12.8. The van der Waals surface area contributed by atoms with Gasteiger partial charge in [-0.3, -0.25) is 4.90 Å². The van der Waals surface area contributed by atoms with Gasteiger partial charge in [-0.05, 0) is 31.8 Å². The van der Waals surface area contributed by atoms with E-state index in [1.54, 1.807) is 14.9 Å². The van der Waals surface area contributed by atoms with Gasteiger partial charge < -0.3 is 4.74 Å². The summed E-state index contributed by atoms with van der Waals surface area (Å²) in [5.74, 6) is 0. The second-order valence-corrected chi connectivity index (χ2v) is 8.66. The number of allylic oxidation sites excluding steroid dienone is 1. The smallest absolute Gasteiger partial charge is 0.282 e. The molecule has 1 atom stereocenters. The Morgan fingerprint density at radius 1 is 0.913 bits per heavy atom. The molecule has 132 valence electrons. The molecule has 3 rings (SSSR count). The Balaban J connectivity index is 1.50. The lowest BCUT2D eigenvalue weighted by molar-refractivity contribution is 0.0648. The summed E-state index contributed by atoms with van der Waals surface area (Å²) in [4.78, 5) is 2.33. The van der Waals surface area contributed by atoms with Crippen LogP contribution in [-0.2, 0) is 14.9 Å². The van der Waals surface area contributed by atoms with Crippen molar-refractivity contribution in [2.45, 2.75) is 44.6 Å². The van der Waals surface area contributed by atoms with Gasteiger partial charge >= 0.3 is 0 Å². The molecule has 0 spiro atoms. The SMILES string of the molecule is O=S(=O)(N1CCCCCC1)N1CCN(C[C@H]2CCC=CO2)CC1. The minimum absolute atomic E-state index is 0.258. The van der Waals surface area contributed by atoms with Gasteiger partial charge in [0.15, 0.2) is 0 Å². The fraction of sp³-hybridized carbons (Fsp3) is 0.875. The monoisotopic (exact) mass is 343 g/mol. The Bertz CT molecular complexity index is 493. The van der Waals surface area contributed by atoms with Crippen LogP contribution in [0.25, 0.3) is 0 Å². The highest BCUT2D eigenvalue weighted by molar-refractivity contribution is 7.86. The standard InChI is InChI=1S/C16H29N3O3S/c20-23(21,18-8-4-1-2-5-9-18)19-12-10-17(11-13-19)15-16-7-3-6-14-22-16/h6,14,16H,1-5,7-13,15H2/t16-/m1/s1. The largest absolute Gasteiger partial charge is 0.497 e. The quantitative estimate of drug-likeness (QED) is 0.775. The number of ether oxygens (including phenoxy) is 1. The minimum Gasteiger partial charge on any atom is -0.497 e. The molecule has 7 heteroatoms. The second kappa shape index (κ2) is 7.96. The van der Waals surface area contributed by atoms with Gasteiger partial charge in [0.2, 0.25) is 0 Å². The topological polar surface area (TPSA) is 53.1 Å².